The number of nitrogens with zero attached hydrogens (tertiary/aromatic N) is 2. The lowest BCUT2D eigenvalue weighted by Crippen LogP contribution is -2.34. The van der Waals surface area contributed by atoms with E-state index in [9.17, 15) is 9.90 Å². The number of aliphatic hydroxyl groups excluding tert-OH is 1. The number of fused-ring (bicyclic) bond motifs is 1. The van der Waals surface area contributed by atoms with Gasteiger partial charge in [0.1, 0.15) is 0 Å². The SMILES string of the molecule is O=C(NC1c2ccccc2CC1O)c1cnc(-c2ccccc2)nc1. The maximum absolute atomic E-state index is 12.5. The lowest BCUT2D eigenvalue weighted by molar-refractivity contribution is 0.0857. The van der Waals surface area contributed by atoms with Crippen LogP contribution in [-0.4, -0.2) is 27.1 Å². The van der Waals surface area contributed by atoms with Crippen LogP contribution in [-0.2, 0) is 6.42 Å². The molecule has 0 radical (unpaired) electrons. The summed E-state index contributed by atoms with van der Waals surface area (Å²) in [6, 6.07) is 16.9. The molecule has 0 saturated carbocycles. The monoisotopic (exact) mass is 331 g/mol. The zero-order chi connectivity index (χ0) is 17.2. The molecule has 3 aromatic rings. The quantitative estimate of drug-likeness (QED) is 0.773. The molecular formula is C20H17N3O2. The molecule has 0 fully saturated rings. The number of amides is 1. The third-order valence-electron chi connectivity index (χ3n) is 4.44. The predicted molar refractivity (Wildman–Crippen MR) is 93.8 cm³/mol. The first kappa shape index (κ1) is 15.5. The van der Waals surface area contributed by atoms with Crippen molar-refractivity contribution < 1.29 is 9.90 Å². The van der Waals surface area contributed by atoms with Crippen molar-refractivity contribution in [3.63, 3.8) is 0 Å². The van der Waals surface area contributed by atoms with Gasteiger partial charge in [0, 0.05) is 24.4 Å². The maximum Gasteiger partial charge on any atom is 0.254 e. The molecule has 5 nitrogen and oxygen atoms in total. The summed E-state index contributed by atoms with van der Waals surface area (Å²) in [4.78, 5) is 21.0. The van der Waals surface area contributed by atoms with E-state index in [1.54, 1.807) is 0 Å². The number of aromatic nitrogens is 2. The Morgan fingerprint density at radius 2 is 1.68 bits per heavy atom. The van der Waals surface area contributed by atoms with E-state index in [0.717, 1.165) is 16.7 Å². The van der Waals surface area contributed by atoms with E-state index in [2.05, 4.69) is 15.3 Å². The molecule has 2 atom stereocenters. The fraction of sp³-hybridized carbons (Fsp3) is 0.150. The summed E-state index contributed by atoms with van der Waals surface area (Å²) in [7, 11) is 0. The number of benzene rings is 2. The maximum atomic E-state index is 12.5. The Morgan fingerprint density at radius 3 is 2.44 bits per heavy atom. The smallest absolute Gasteiger partial charge is 0.254 e. The van der Waals surface area contributed by atoms with Gasteiger partial charge < -0.3 is 10.4 Å². The van der Waals surface area contributed by atoms with Crippen molar-refractivity contribution in [3.8, 4) is 11.4 Å². The molecule has 0 bridgehead atoms. The second-order valence-electron chi connectivity index (χ2n) is 6.08. The molecule has 0 saturated heterocycles. The minimum Gasteiger partial charge on any atom is -0.390 e. The zero-order valence-corrected chi connectivity index (χ0v) is 13.5. The highest BCUT2D eigenvalue weighted by molar-refractivity contribution is 5.94. The van der Waals surface area contributed by atoms with Crippen LogP contribution in [0.2, 0.25) is 0 Å². The molecule has 1 aromatic heterocycles. The molecule has 4 rings (SSSR count). The van der Waals surface area contributed by atoms with Gasteiger partial charge in [-0.25, -0.2) is 9.97 Å². The standard InChI is InChI=1S/C20H17N3O2/c24-17-10-14-8-4-5-9-16(14)18(17)23-20(25)15-11-21-19(22-12-15)13-6-2-1-3-7-13/h1-9,11-12,17-18,24H,10H2,(H,23,25). The molecule has 2 N–H and O–H groups in total. The van der Waals surface area contributed by atoms with Crippen LogP contribution in [0.3, 0.4) is 0 Å². The third-order valence-corrected chi connectivity index (χ3v) is 4.44. The Balaban J connectivity index is 1.52. The van der Waals surface area contributed by atoms with E-state index in [0.29, 0.717) is 17.8 Å². The summed E-state index contributed by atoms with van der Waals surface area (Å²) in [6.07, 6.45) is 2.95. The van der Waals surface area contributed by atoms with Crippen molar-refractivity contribution in [3.05, 3.63) is 83.7 Å². The van der Waals surface area contributed by atoms with Crippen molar-refractivity contribution in [2.75, 3.05) is 0 Å². The van der Waals surface area contributed by atoms with E-state index < -0.39 is 12.1 Å². The molecule has 5 heteroatoms. The molecule has 1 heterocycles. The second-order valence-corrected chi connectivity index (χ2v) is 6.08. The summed E-state index contributed by atoms with van der Waals surface area (Å²) < 4.78 is 0. The summed E-state index contributed by atoms with van der Waals surface area (Å²) in [6.45, 7) is 0. The topological polar surface area (TPSA) is 75.1 Å². The fourth-order valence-corrected chi connectivity index (χ4v) is 3.15. The average molecular weight is 331 g/mol. The zero-order valence-electron chi connectivity index (χ0n) is 13.5. The van der Waals surface area contributed by atoms with Crippen LogP contribution >= 0.6 is 0 Å². The molecule has 0 aliphatic heterocycles. The van der Waals surface area contributed by atoms with Gasteiger partial charge in [0.25, 0.3) is 5.91 Å². The number of nitrogens with one attached hydrogen (secondary N) is 1. The number of carbonyl (C=O) groups excluding carboxylic acids is 1. The first-order valence-corrected chi connectivity index (χ1v) is 8.16. The highest BCUT2D eigenvalue weighted by Crippen LogP contribution is 2.31. The lowest BCUT2D eigenvalue weighted by Gasteiger charge is -2.17. The minimum absolute atomic E-state index is 0.291. The van der Waals surface area contributed by atoms with E-state index >= 15 is 0 Å². The Kier molecular flexibility index (Phi) is 3.99. The lowest BCUT2D eigenvalue weighted by atomic mass is 10.1. The van der Waals surface area contributed by atoms with Gasteiger partial charge in [-0.1, -0.05) is 54.6 Å². The Morgan fingerprint density at radius 1 is 1.00 bits per heavy atom. The molecular weight excluding hydrogens is 314 g/mol. The first-order valence-electron chi connectivity index (χ1n) is 8.16. The van der Waals surface area contributed by atoms with Gasteiger partial charge in [-0.3, -0.25) is 4.79 Å². The number of rotatable bonds is 3. The number of carbonyl (C=O) groups is 1. The number of hydrogen-bond donors (Lipinski definition) is 2. The van der Waals surface area contributed by atoms with Crippen molar-refractivity contribution >= 4 is 5.91 Å². The van der Waals surface area contributed by atoms with Gasteiger partial charge >= 0.3 is 0 Å². The van der Waals surface area contributed by atoms with Gasteiger partial charge in [-0.05, 0) is 11.1 Å². The molecule has 25 heavy (non-hydrogen) atoms. The molecule has 1 amide bonds. The van der Waals surface area contributed by atoms with Gasteiger partial charge in [0.2, 0.25) is 0 Å². The highest BCUT2D eigenvalue weighted by atomic mass is 16.3. The largest absolute Gasteiger partial charge is 0.390 e. The molecule has 124 valence electrons. The molecule has 2 unspecified atom stereocenters. The van der Waals surface area contributed by atoms with Crippen LogP contribution in [0, 0.1) is 0 Å². The van der Waals surface area contributed by atoms with Crippen molar-refractivity contribution in [1.82, 2.24) is 15.3 Å². The third kappa shape index (κ3) is 3.02. The summed E-state index contributed by atoms with van der Waals surface area (Å²) in [5.74, 6) is 0.281. The van der Waals surface area contributed by atoms with E-state index in [1.165, 1.54) is 12.4 Å². The van der Waals surface area contributed by atoms with Gasteiger partial charge in [-0.15, -0.1) is 0 Å². The van der Waals surface area contributed by atoms with Crippen molar-refractivity contribution in [2.24, 2.45) is 0 Å². The molecule has 1 aliphatic carbocycles. The van der Waals surface area contributed by atoms with Crippen LogP contribution in [0.1, 0.15) is 27.5 Å². The minimum atomic E-state index is -0.620. The van der Waals surface area contributed by atoms with Gasteiger partial charge in [-0.2, -0.15) is 0 Å². The summed E-state index contributed by atoms with van der Waals surface area (Å²) >= 11 is 0. The van der Waals surface area contributed by atoms with E-state index in [4.69, 9.17) is 0 Å². The average Bonchev–Trinajstić information content (AvgIpc) is 2.98. The summed E-state index contributed by atoms with van der Waals surface area (Å²) in [5, 5.41) is 13.1. The Bertz CT molecular complexity index is 894. The second kappa shape index (κ2) is 6.45. The molecule has 0 spiro atoms. The van der Waals surface area contributed by atoms with Crippen molar-refractivity contribution in [2.45, 2.75) is 18.6 Å². The normalized spacial score (nSPS) is 18.6. The first-order chi connectivity index (χ1) is 12.2. The molecule has 2 aromatic carbocycles. The van der Waals surface area contributed by atoms with Crippen LogP contribution in [0.5, 0.6) is 0 Å². The van der Waals surface area contributed by atoms with Gasteiger partial charge in [0.05, 0.1) is 17.7 Å². The van der Waals surface area contributed by atoms with Crippen molar-refractivity contribution in [1.29, 1.82) is 0 Å². The van der Waals surface area contributed by atoms with E-state index in [-0.39, 0.29) is 5.91 Å². The van der Waals surface area contributed by atoms with Crippen LogP contribution < -0.4 is 5.32 Å². The van der Waals surface area contributed by atoms with Crippen LogP contribution in [0.25, 0.3) is 11.4 Å². The predicted octanol–water partition coefficient (Wildman–Crippen LogP) is 2.53. The van der Waals surface area contributed by atoms with Crippen LogP contribution in [0.4, 0.5) is 0 Å². The van der Waals surface area contributed by atoms with Crippen LogP contribution in [0.15, 0.2) is 67.0 Å². The molecule has 1 aliphatic rings. The summed E-state index contributed by atoms with van der Waals surface area (Å²) in [5.41, 5.74) is 3.30. The Labute approximate surface area is 145 Å². The van der Waals surface area contributed by atoms with E-state index in [1.807, 2.05) is 54.6 Å². The number of hydrogen-bond acceptors (Lipinski definition) is 4. The van der Waals surface area contributed by atoms with Gasteiger partial charge in [0.15, 0.2) is 5.82 Å². The Hall–Kier alpha value is -3.05. The number of aliphatic hydroxyl groups is 1. The fourth-order valence-electron chi connectivity index (χ4n) is 3.15. The highest BCUT2D eigenvalue weighted by Gasteiger charge is 2.32.